The van der Waals surface area contributed by atoms with E-state index in [9.17, 15) is 9.00 Å². The number of hydrogen-bond donors (Lipinski definition) is 2. The van der Waals surface area contributed by atoms with Crippen molar-refractivity contribution in [1.29, 1.82) is 0 Å². The standard InChI is InChI=1S/C20H23ClN2O4S/c21-17-11-16(12-18-19(17)27-9-4-8-26-18)13-23-20(24)22-7-10-28(25)14-15-5-2-1-3-6-15/h1-3,5-6,11-12H,4,7-10,13-14H2,(H2,22,23,24). The van der Waals surface area contributed by atoms with Crippen molar-refractivity contribution >= 4 is 28.4 Å². The summed E-state index contributed by atoms with van der Waals surface area (Å²) in [7, 11) is -1.02. The Hall–Kier alpha value is -2.25. The molecule has 6 nitrogen and oxygen atoms in total. The van der Waals surface area contributed by atoms with Gasteiger partial charge in [0.2, 0.25) is 0 Å². The molecule has 0 aliphatic carbocycles. The van der Waals surface area contributed by atoms with Crippen LogP contribution in [0.2, 0.25) is 5.02 Å². The number of halogens is 1. The summed E-state index contributed by atoms with van der Waals surface area (Å²) in [6, 6.07) is 12.9. The molecule has 0 saturated heterocycles. The molecule has 2 amide bonds. The van der Waals surface area contributed by atoms with Crippen LogP contribution in [0.4, 0.5) is 4.79 Å². The van der Waals surface area contributed by atoms with Crippen LogP contribution in [-0.4, -0.2) is 35.8 Å². The third-order valence-electron chi connectivity index (χ3n) is 4.10. The second-order valence-corrected chi connectivity index (χ2v) is 8.32. The van der Waals surface area contributed by atoms with Gasteiger partial charge < -0.3 is 20.1 Å². The zero-order valence-electron chi connectivity index (χ0n) is 15.4. The largest absolute Gasteiger partial charge is 0.489 e. The lowest BCUT2D eigenvalue weighted by Gasteiger charge is -2.12. The summed E-state index contributed by atoms with van der Waals surface area (Å²) in [4.78, 5) is 12.0. The van der Waals surface area contributed by atoms with Crippen LogP contribution in [0.25, 0.3) is 0 Å². The highest BCUT2D eigenvalue weighted by Gasteiger charge is 2.15. The Morgan fingerprint density at radius 3 is 2.68 bits per heavy atom. The van der Waals surface area contributed by atoms with Crippen molar-refractivity contribution in [3.63, 3.8) is 0 Å². The van der Waals surface area contributed by atoms with Crippen LogP contribution in [-0.2, 0) is 23.1 Å². The lowest BCUT2D eigenvalue weighted by atomic mass is 10.2. The van der Waals surface area contributed by atoms with E-state index in [1.54, 1.807) is 6.07 Å². The number of urea groups is 1. The number of carbonyl (C=O) groups excluding carboxylic acids is 1. The van der Waals surface area contributed by atoms with Gasteiger partial charge in [0.25, 0.3) is 0 Å². The molecule has 28 heavy (non-hydrogen) atoms. The van der Waals surface area contributed by atoms with Gasteiger partial charge >= 0.3 is 6.03 Å². The Morgan fingerprint density at radius 1 is 1.07 bits per heavy atom. The van der Waals surface area contributed by atoms with Crippen LogP contribution < -0.4 is 20.1 Å². The summed E-state index contributed by atoms with van der Waals surface area (Å²) in [5, 5.41) is 5.96. The molecule has 0 aromatic heterocycles. The highest BCUT2D eigenvalue weighted by Crippen LogP contribution is 2.37. The monoisotopic (exact) mass is 422 g/mol. The Kier molecular flexibility index (Phi) is 7.56. The van der Waals surface area contributed by atoms with Crippen molar-refractivity contribution in [2.45, 2.75) is 18.7 Å². The minimum Gasteiger partial charge on any atom is -0.489 e. The van der Waals surface area contributed by atoms with E-state index in [1.165, 1.54) is 0 Å². The smallest absolute Gasteiger partial charge is 0.315 e. The Bertz CT molecular complexity index is 832. The predicted molar refractivity (Wildman–Crippen MR) is 110 cm³/mol. The minimum atomic E-state index is -1.02. The van der Waals surface area contributed by atoms with Gasteiger partial charge in [-0.3, -0.25) is 4.21 Å². The molecule has 1 aliphatic rings. The molecule has 0 bridgehead atoms. The van der Waals surface area contributed by atoms with Crippen molar-refractivity contribution in [2.24, 2.45) is 0 Å². The molecule has 1 heterocycles. The molecule has 0 saturated carbocycles. The van der Waals surface area contributed by atoms with E-state index in [0.29, 0.717) is 54.3 Å². The SMILES string of the molecule is O=C(NCCS(=O)Cc1ccccc1)NCc1cc(Cl)c2c(c1)OCCCO2. The van der Waals surface area contributed by atoms with Crippen molar-refractivity contribution < 1.29 is 18.5 Å². The Balaban J connectivity index is 1.41. The van der Waals surface area contributed by atoms with Crippen LogP contribution in [0.15, 0.2) is 42.5 Å². The quantitative estimate of drug-likeness (QED) is 0.718. The van der Waals surface area contributed by atoms with Gasteiger partial charge in [0, 0.05) is 41.8 Å². The molecule has 2 aromatic carbocycles. The van der Waals surface area contributed by atoms with Gasteiger partial charge in [-0.25, -0.2) is 4.79 Å². The van der Waals surface area contributed by atoms with Gasteiger partial charge in [0.05, 0.1) is 18.2 Å². The summed E-state index contributed by atoms with van der Waals surface area (Å²) < 4.78 is 23.3. The molecule has 1 unspecified atom stereocenters. The minimum absolute atomic E-state index is 0.301. The van der Waals surface area contributed by atoms with E-state index in [-0.39, 0.29) is 6.03 Å². The number of carbonyl (C=O) groups is 1. The molecule has 2 N–H and O–H groups in total. The average molecular weight is 423 g/mol. The van der Waals surface area contributed by atoms with Gasteiger partial charge in [-0.05, 0) is 23.3 Å². The first-order valence-corrected chi connectivity index (χ1v) is 11.0. The molecule has 1 aliphatic heterocycles. The lowest BCUT2D eigenvalue weighted by Crippen LogP contribution is -2.37. The molecule has 0 spiro atoms. The second-order valence-electron chi connectivity index (χ2n) is 6.34. The number of rotatable bonds is 7. The van der Waals surface area contributed by atoms with Crippen molar-refractivity contribution in [3.8, 4) is 11.5 Å². The van der Waals surface area contributed by atoms with Crippen LogP contribution in [0.1, 0.15) is 17.5 Å². The van der Waals surface area contributed by atoms with Gasteiger partial charge in [-0.2, -0.15) is 0 Å². The molecule has 0 radical (unpaired) electrons. The fourth-order valence-corrected chi connectivity index (χ4v) is 4.07. The summed E-state index contributed by atoms with van der Waals surface area (Å²) in [6.07, 6.45) is 0.798. The van der Waals surface area contributed by atoms with Crippen LogP contribution in [0, 0.1) is 0 Å². The normalized spacial score (nSPS) is 14.0. The highest BCUT2D eigenvalue weighted by molar-refractivity contribution is 7.84. The summed E-state index contributed by atoms with van der Waals surface area (Å²) >= 11 is 6.25. The van der Waals surface area contributed by atoms with Gasteiger partial charge in [-0.1, -0.05) is 41.9 Å². The molecule has 2 aromatic rings. The first-order valence-electron chi connectivity index (χ1n) is 9.10. The lowest BCUT2D eigenvalue weighted by molar-refractivity contribution is 0.241. The molecule has 3 rings (SSSR count). The van der Waals surface area contributed by atoms with Crippen molar-refractivity contribution in [2.75, 3.05) is 25.5 Å². The third-order valence-corrected chi connectivity index (χ3v) is 5.70. The number of ether oxygens (including phenoxy) is 2. The predicted octanol–water partition coefficient (Wildman–Crippen LogP) is 3.25. The third kappa shape index (κ3) is 6.14. The van der Waals surface area contributed by atoms with Crippen molar-refractivity contribution in [3.05, 3.63) is 58.6 Å². The van der Waals surface area contributed by atoms with E-state index in [2.05, 4.69) is 10.6 Å². The highest BCUT2D eigenvalue weighted by atomic mass is 35.5. The summed E-state index contributed by atoms with van der Waals surface area (Å²) in [5.41, 5.74) is 1.84. The van der Waals surface area contributed by atoms with Gasteiger partial charge in [0.1, 0.15) is 0 Å². The number of hydrogen-bond acceptors (Lipinski definition) is 4. The molecule has 1 atom stereocenters. The zero-order chi connectivity index (χ0) is 19.8. The summed E-state index contributed by atoms with van der Waals surface area (Å²) in [6.45, 7) is 1.78. The van der Waals surface area contributed by atoms with Crippen LogP contribution >= 0.6 is 11.6 Å². The van der Waals surface area contributed by atoms with Crippen molar-refractivity contribution in [1.82, 2.24) is 10.6 Å². The summed E-state index contributed by atoms with van der Waals surface area (Å²) in [5.74, 6) is 2.03. The number of amides is 2. The van der Waals surface area contributed by atoms with E-state index in [4.69, 9.17) is 21.1 Å². The fraction of sp³-hybridized carbons (Fsp3) is 0.350. The molecule has 150 valence electrons. The molecule has 0 fully saturated rings. The Morgan fingerprint density at radius 2 is 1.86 bits per heavy atom. The van der Waals surface area contributed by atoms with Crippen LogP contribution in [0.5, 0.6) is 11.5 Å². The molecular formula is C20H23ClN2O4S. The number of fused-ring (bicyclic) bond motifs is 1. The first kappa shape index (κ1) is 20.5. The molecule has 8 heteroatoms. The topological polar surface area (TPSA) is 76.7 Å². The average Bonchev–Trinajstić information content (AvgIpc) is 2.93. The first-order chi connectivity index (χ1) is 13.6. The molecular weight excluding hydrogens is 400 g/mol. The van der Waals surface area contributed by atoms with Gasteiger partial charge in [-0.15, -0.1) is 0 Å². The van der Waals surface area contributed by atoms with E-state index in [1.807, 2.05) is 36.4 Å². The van der Waals surface area contributed by atoms with Gasteiger partial charge in [0.15, 0.2) is 11.5 Å². The number of nitrogens with one attached hydrogen (secondary N) is 2. The van der Waals surface area contributed by atoms with Crippen LogP contribution in [0.3, 0.4) is 0 Å². The zero-order valence-corrected chi connectivity index (χ0v) is 17.0. The number of benzene rings is 2. The fourth-order valence-electron chi connectivity index (χ4n) is 2.74. The maximum atomic E-state index is 12.1. The second kappa shape index (κ2) is 10.3. The van der Waals surface area contributed by atoms with E-state index >= 15 is 0 Å². The van der Waals surface area contributed by atoms with E-state index in [0.717, 1.165) is 17.5 Å². The maximum Gasteiger partial charge on any atom is 0.315 e. The Labute approximate surface area is 172 Å². The maximum absolute atomic E-state index is 12.1. The van der Waals surface area contributed by atoms with E-state index < -0.39 is 10.8 Å².